The van der Waals surface area contributed by atoms with Gasteiger partial charge in [0.15, 0.2) is 5.84 Å². The minimum atomic E-state index is -0.702. The number of hydrogen-bond acceptors (Lipinski definition) is 4. The molecule has 0 saturated heterocycles. The van der Waals surface area contributed by atoms with E-state index >= 15 is 0 Å². The molecule has 116 valence electrons. The molecule has 0 atom stereocenters. The van der Waals surface area contributed by atoms with Gasteiger partial charge in [-0.1, -0.05) is 28.4 Å². The largest absolute Gasteiger partial charge is 0.379 e. The van der Waals surface area contributed by atoms with E-state index in [9.17, 15) is 4.79 Å². The lowest BCUT2D eigenvalue weighted by molar-refractivity contribution is 0.0516. The molecule has 0 radical (unpaired) electrons. The summed E-state index contributed by atoms with van der Waals surface area (Å²) in [7, 11) is 0. The first kappa shape index (κ1) is 16.3. The van der Waals surface area contributed by atoms with Crippen molar-refractivity contribution in [2.75, 3.05) is 0 Å². The van der Waals surface area contributed by atoms with Crippen LogP contribution in [0.5, 0.6) is 0 Å². The number of hydrogen-bond donors (Lipinski definition) is 1. The van der Waals surface area contributed by atoms with E-state index in [1.54, 1.807) is 10.7 Å². The second kappa shape index (κ2) is 6.81. The molecule has 1 heterocycles. The van der Waals surface area contributed by atoms with Crippen molar-refractivity contribution in [3.63, 3.8) is 0 Å². The summed E-state index contributed by atoms with van der Waals surface area (Å²) in [6, 6.07) is 6.14. The summed E-state index contributed by atoms with van der Waals surface area (Å²) in [5.74, 6) is -0.643. The number of rotatable bonds is 4. The van der Waals surface area contributed by atoms with E-state index in [1.165, 1.54) is 18.2 Å². The lowest BCUT2D eigenvalue weighted by Crippen LogP contribution is -2.20. The molecule has 0 aliphatic carbocycles. The molecule has 1 aromatic carbocycles. The van der Waals surface area contributed by atoms with Crippen molar-refractivity contribution in [2.45, 2.75) is 20.4 Å². The number of nitrogens with zero attached hydrogens (tertiary/aromatic N) is 3. The van der Waals surface area contributed by atoms with Gasteiger partial charge in [0, 0.05) is 16.6 Å². The molecule has 0 saturated carbocycles. The molecule has 0 spiro atoms. The smallest absolute Gasteiger partial charge is 0.365 e. The fourth-order valence-electron chi connectivity index (χ4n) is 1.85. The minimum Gasteiger partial charge on any atom is -0.379 e. The quantitative estimate of drug-likeness (QED) is 0.401. The van der Waals surface area contributed by atoms with Gasteiger partial charge >= 0.3 is 5.97 Å². The van der Waals surface area contributed by atoms with Crippen LogP contribution in [0.4, 0.5) is 0 Å². The Labute approximate surface area is 137 Å². The third-order valence-corrected chi connectivity index (χ3v) is 3.23. The van der Waals surface area contributed by atoms with Crippen molar-refractivity contribution in [2.24, 2.45) is 10.9 Å². The Morgan fingerprint density at radius 2 is 1.95 bits per heavy atom. The molecule has 0 aliphatic rings. The fraction of sp³-hybridized carbons (Fsp3) is 0.214. The molecule has 1 aromatic heterocycles. The standard InChI is InChI=1S/C14H14Cl2N4O2/c1-3-20-12(4-8(2)18-20)13(17)19-22-14(21)9-5-10(15)7-11(16)6-9/h4-7H,3H2,1-2H3,(H2,17,19). The maximum atomic E-state index is 11.9. The molecule has 0 unspecified atom stereocenters. The van der Waals surface area contributed by atoms with Crippen LogP contribution in [-0.4, -0.2) is 21.6 Å². The van der Waals surface area contributed by atoms with Crippen LogP contribution in [0.15, 0.2) is 29.4 Å². The van der Waals surface area contributed by atoms with Crippen molar-refractivity contribution in [1.29, 1.82) is 0 Å². The molecule has 0 aliphatic heterocycles. The van der Waals surface area contributed by atoms with E-state index in [2.05, 4.69) is 10.3 Å². The normalized spacial score (nSPS) is 11.5. The number of benzene rings is 1. The van der Waals surface area contributed by atoms with Crippen molar-refractivity contribution in [1.82, 2.24) is 9.78 Å². The van der Waals surface area contributed by atoms with E-state index in [4.69, 9.17) is 33.8 Å². The van der Waals surface area contributed by atoms with Gasteiger partial charge in [0.05, 0.1) is 11.3 Å². The lowest BCUT2D eigenvalue weighted by atomic mass is 10.2. The van der Waals surface area contributed by atoms with Crippen LogP contribution in [0.3, 0.4) is 0 Å². The Morgan fingerprint density at radius 1 is 1.32 bits per heavy atom. The topological polar surface area (TPSA) is 82.5 Å². The van der Waals surface area contributed by atoms with Crippen LogP contribution in [0, 0.1) is 6.92 Å². The summed E-state index contributed by atoms with van der Waals surface area (Å²) in [4.78, 5) is 16.7. The van der Waals surface area contributed by atoms with Gasteiger partial charge in [-0.15, -0.1) is 0 Å². The predicted molar refractivity (Wildman–Crippen MR) is 85.2 cm³/mol. The first-order valence-electron chi connectivity index (χ1n) is 6.46. The molecule has 2 rings (SSSR count). The minimum absolute atomic E-state index is 0.0592. The van der Waals surface area contributed by atoms with Crippen LogP contribution in [-0.2, 0) is 11.4 Å². The van der Waals surface area contributed by atoms with Gasteiger partial charge in [-0.25, -0.2) is 4.79 Å². The van der Waals surface area contributed by atoms with E-state index in [0.29, 0.717) is 22.3 Å². The zero-order chi connectivity index (χ0) is 16.3. The summed E-state index contributed by atoms with van der Waals surface area (Å²) in [6.07, 6.45) is 0. The molecule has 6 nitrogen and oxygen atoms in total. The van der Waals surface area contributed by atoms with Crippen molar-refractivity contribution >= 4 is 35.0 Å². The second-order valence-electron chi connectivity index (χ2n) is 4.50. The van der Waals surface area contributed by atoms with Crippen LogP contribution < -0.4 is 5.73 Å². The summed E-state index contributed by atoms with van der Waals surface area (Å²) in [5.41, 5.74) is 7.39. The molecule has 0 fully saturated rings. The number of oxime groups is 1. The summed E-state index contributed by atoms with van der Waals surface area (Å²) >= 11 is 11.7. The monoisotopic (exact) mass is 340 g/mol. The first-order valence-corrected chi connectivity index (χ1v) is 7.22. The summed E-state index contributed by atoms with van der Waals surface area (Å²) < 4.78 is 1.66. The SMILES string of the molecule is CCn1nc(C)cc1/C(N)=N\OC(=O)c1cc(Cl)cc(Cl)c1. The number of carbonyl (C=O) groups is 1. The Bertz CT molecular complexity index is 720. The van der Waals surface area contributed by atoms with Gasteiger partial charge in [0.25, 0.3) is 0 Å². The summed E-state index contributed by atoms with van der Waals surface area (Å²) in [5, 5.41) is 8.55. The zero-order valence-corrected chi connectivity index (χ0v) is 13.5. The predicted octanol–water partition coefficient (Wildman–Crippen LogP) is 3.00. The maximum absolute atomic E-state index is 11.9. The van der Waals surface area contributed by atoms with Crippen LogP contribution in [0.2, 0.25) is 10.0 Å². The number of halogens is 2. The van der Waals surface area contributed by atoms with Gasteiger partial charge < -0.3 is 10.6 Å². The van der Waals surface area contributed by atoms with Crippen molar-refractivity contribution in [3.05, 3.63) is 51.3 Å². The highest BCUT2D eigenvalue weighted by Gasteiger charge is 2.12. The molecule has 2 N–H and O–H groups in total. The third kappa shape index (κ3) is 3.78. The number of nitrogens with two attached hydrogens (primary N) is 1. The Morgan fingerprint density at radius 3 is 2.55 bits per heavy atom. The summed E-state index contributed by atoms with van der Waals surface area (Å²) in [6.45, 7) is 4.38. The average molecular weight is 341 g/mol. The molecule has 2 aromatic rings. The molecular weight excluding hydrogens is 327 g/mol. The highest BCUT2D eigenvalue weighted by molar-refractivity contribution is 6.35. The average Bonchev–Trinajstić information content (AvgIpc) is 2.84. The molecular formula is C14H14Cl2N4O2. The first-order chi connectivity index (χ1) is 10.4. The van der Waals surface area contributed by atoms with Crippen molar-refractivity contribution < 1.29 is 9.63 Å². The van der Waals surface area contributed by atoms with E-state index < -0.39 is 5.97 Å². The van der Waals surface area contributed by atoms with E-state index in [1.807, 2.05) is 13.8 Å². The van der Waals surface area contributed by atoms with Gasteiger partial charge in [-0.3, -0.25) is 4.68 Å². The lowest BCUT2D eigenvalue weighted by Gasteiger charge is -2.04. The Balaban J connectivity index is 2.18. The molecule has 22 heavy (non-hydrogen) atoms. The van der Waals surface area contributed by atoms with Gasteiger partial charge in [0.2, 0.25) is 0 Å². The second-order valence-corrected chi connectivity index (χ2v) is 5.37. The Hall–Kier alpha value is -2.05. The number of amidine groups is 1. The zero-order valence-electron chi connectivity index (χ0n) is 12.0. The number of aromatic nitrogens is 2. The van der Waals surface area contributed by atoms with Gasteiger partial charge in [0.1, 0.15) is 5.69 Å². The number of aryl methyl sites for hydroxylation is 2. The molecule has 8 heteroatoms. The third-order valence-electron chi connectivity index (χ3n) is 2.79. The van der Waals surface area contributed by atoms with Crippen molar-refractivity contribution in [3.8, 4) is 0 Å². The van der Waals surface area contributed by atoms with Crippen LogP contribution in [0.25, 0.3) is 0 Å². The highest BCUT2D eigenvalue weighted by atomic mass is 35.5. The molecule has 0 bridgehead atoms. The van der Waals surface area contributed by atoms with Crippen LogP contribution in [0.1, 0.15) is 28.7 Å². The van der Waals surface area contributed by atoms with Gasteiger partial charge in [-0.05, 0) is 38.1 Å². The maximum Gasteiger partial charge on any atom is 0.365 e. The number of carbonyl (C=O) groups excluding carboxylic acids is 1. The van der Waals surface area contributed by atoms with E-state index in [0.717, 1.165) is 5.69 Å². The highest BCUT2D eigenvalue weighted by Crippen LogP contribution is 2.19. The van der Waals surface area contributed by atoms with Crippen LogP contribution >= 0.6 is 23.2 Å². The Kier molecular flexibility index (Phi) is 5.05. The van der Waals surface area contributed by atoms with E-state index in [-0.39, 0.29) is 11.4 Å². The van der Waals surface area contributed by atoms with Gasteiger partial charge in [-0.2, -0.15) is 5.10 Å². The molecule has 0 amide bonds. The fourth-order valence-corrected chi connectivity index (χ4v) is 2.38.